The van der Waals surface area contributed by atoms with Crippen molar-refractivity contribution in [3.05, 3.63) is 35.9 Å². The fraction of sp³-hybridized carbons (Fsp3) is 0.450. The Labute approximate surface area is 179 Å². The molecule has 0 aliphatic heterocycles. The number of carbonyl (C=O) groups excluding carboxylic acids is 4. The van der Waals surface area contributed by atoms with Crippen LogP contribution in [0.3, 0.4) is 0 Å². The molecule has 1 rings (SSSR count). The Morgan fingerprint density at radius 2 is 1.48 bits per heavy atom. The summed E-state index contributed by atoms with van der Waals surface area (Å²) in [5.74, 6) is -3.99. The lowest BCUT2D eigenvalue weighted by molar-refractivity contribution is -0.142. The number of carboxylic acid groups (broad SMARTS) is 1. The first kappa shape index (κ1) is 25.6. The summed E-state index contributed by atoms with van der Waals surface area (Å²) in [4.78, 5) is 59.5. The van der Waals surface area contributed by atoms with Crippen LogP contribution < -0.4 is 27.4 Å². The lowest BCUT2D eigenvalue weighted by Crippen LogP contribution is -2.56. The summed E-state index contributed by atoms with van der Waals surface area (Å²) in [6.45, 7) is 2.84. The summed E-state index contributed by atoms with van der Waals surface area (Å²) in [5.41, 5.74) is 11.3. The van der Waals surface area contributed by atoms with E-state index in [1.165, 1.54) is 13.8 Å². The van der Waals surface area contributed by atoms with E-state index in [4.69, 9.17) is 11.5 Å². The maximum Gasteiger partial charge on any atom is 0.326 e. The van der Waals surface area contributed by atoms with E-state index in [1.54, 1.807) is 30.3 Å². The molecule has 170 valence electrons. The van der Waals surface area contributed by atoms with Crippen LogP contribution in [0.15, 0.2) is 30.3 Å². The molecule has 0 saturated carbocycles. The molecule has 4 amide bonds. The minimum absolute atomic E-state index is 0.0270. The molecule has 8 N–H and O–H groups in total. The first-order chi connectivity index (χ1) is 14.5. The highest BCUT2D eigenvalue weighted by Gasteiger charge is 2.28. The van der Waals surface area contributed by atoms with Crippen LogP contribution in [0.1, 0.15) is 32.3 Å². The van der Waals surface area contributed by atoms with Gasteiger partial charge in [-0.3, -0.25) is 19.2 Å². The van der Waals surface area contributed by atoms with Crippen LogP contribution in [-0.2, 0) is 30.4 Å². The van der Waals surface area contributed by atoms with Crippen LogP contribution in [0.4, 0.5) is 0 Å². The van der Waals surface area contributed by atoms with Crippen LogP contribution in [0.25, 0.3) is 0 Å². The average molecular weight is 435 g/mol. The van der Waals surface area contributed by atoms with Crippen molar-refractivity contribution in [1.82, 2.24) is 16.0 Å². The van der Waals surface area contributed by atoms with Crippen LogP contribution in [-0.4, -0.2) is 58.9 Å². The molecule has 1 aromatic carbocycles. The van der Waals surface area contributed by atoms with E-state index in [1.807, 2.05) is 0 Å². The lowest BCUT2D eigenvalue weighted by atomic mass is 10.0. The number of nitrogens with two attached hydrogens (primary N) is 2. The number of carboxylic acids is 1. The Morgan fingerprint density at radius 3 is 2.00 bits per heavy atom. The molecule has 0 aliphatic rings. The van der Waals surface area contributed by atoms with Crippen LogP contribution >= 0.6 is 0 Å². The summed E-state index contributed by atoms with van der Waals surface area (Å²) in [6, 6.07) is 4.37. The molecule has 0 aliphatic carbocycles. The number of carbonyl (C=O) groups is 5. The van der Waals surface area contributed by atoms with Crippen molar-refractivity contribution in [2.75, 3.05) is 0 Å². The van der Waals surface area contributed by atoms with Crippen LogP contribution in [0, 0.1) is 0 Å². The minimum atomic E-state index is -1.25. The van der Waals surface area contributed by atoms with Gasteiger partial charge in [0.05, 0.1) is 6.04 Å². The van der Waals surface area contributed by atoms with E-state index in [2.05, 4.69) is 16.0 Å². The Kier molecular flexibility index (Phi) is 10.1. The summed E-state index contributed by atoms with van der Waals surface area (Å²) in [5, 5.41) is 16.7. The van der Waals surface area contributed by atoms with E-state index in [0.29, 0.717) is 5.56 Å². The maximum atomic E-state index is 12.7. The van der Waals surface area contributed by atoms with Gasteiger partial charge in [0.1, 0.15) is 18.1 Å². The van der Waals surface area contributed by atoms with E-state index in [0.717, 1.165) is 0 Å². The van der Waals surface area contributed by atoms with Crippen molar-refractivity contribution >= 4 is 29.6 Å². The summed E-state index contributed by atoms with van der Waals surface area (Å²) < 4.78 is 0. The van der Waals surface area contributed by atoms with Crippen LogP contribution in [0.5, 0.6) is 0 Å². The highest BCUT2D eigenvalue weighted by atomic mass is 16.4. The van der Waals surface area contributed by atoms with Gasteiger partial charge in [-0.25, -0.2) is 4.79 Å². The van der Waals surface area contributed by atoms with Crippen molar-refractivity contribution in [3.63, 3.8) is 0 Å². The molecule has 4 atom stereocenters. The van der Waals surface area contributed by atoms with Gasteiger partial charge in [0.15, 0.2) is 0 Å². The molecule has 0 saturated heterocycles. The molecular formula is C20H29N5O6. The first-order valence-corrected chi connectivity index (χ1v) is 9.73. The van der Waals surface area contributed by atoms with E-state index in [-0.39, 0.29) is 19.3 Å². The smallest absolute Gasteiger partial charge is 0.326 e. The number of aliphatic carboxylic acids is 1. The molecule has 0 radical (unpaired) electrons. The number of primary amides is 1. The fourth-order valence-electron chi connectivity index (χ4n) is 2.58. The van der Waals surface area contributed by atoms with Gasteiger partial charge in [-0.2, -0.15) is 0 Å². The third kappa shape index (κ3) is 9.26. The minimum Gasteiger partial charge on any atom is -0.480 e. The molecule has 0 bridgehead atoms. The summed E-state index contributed by atoms with van der Waals surface area (Å²) in [7, 11) is 0. The topological polar surface area (TPSA) is 194 Å². The van der Waals surface area contributed by atoms with Gasteiger partial charge in [0, 0.05) is 12.8 Å². The van der Waals surface area contributed by atoms with Gasteiger partial charge in [-0.1, -0.05) is 30.3 Å². The molecule has 0 aromatic heterocycles. The second-order valence-corrected chi connectivity index (χ2v) is 7.17. The summed E-state index contributed by atoms with van der Waals surface area (Å²) >= 11 is 0. The van der Waals surface area contributed by atoms with Gasteiger partial charge in [0.2, 0.25) is 23.6 Å². The van der Waals surface area contributed by atoms with Crippen molar-refractivity contribution in [3.8, 4) is 0 Å². The Hall–Kier alpha value is -3.47. The number of hydrogen-bond donors (Lipinski definition) is 6. The largest absolute Gasteiger partial charge is 0.480 e. The van der Waals surface area contributed by atoms with E-state index >= 15 is 0 Å². The number of nitrogens with one attached hydrogen (secondary N) is 3. The molecule has 0 fully saturated rings. The molecular weight excluding hydrogens is 406 g/mol. The quantitative estimate of drug-likeness (QED) is 0.227. The first-order valence-electron chi connectivity index (χ1n) is 9.73. The zero-order valence-electron chi connectivity index (χ0n) is 17.5. The molecule has 4 unspecified atom stereocenters. The Morgan fingerprint density at radius 1 is 0.903 bits per heavy atom. The van der Waals surface area contributed by atoms with E-state index in [9.17, 15) is 29.1 Å². The number of benzene rings is 1. The number of hydrogen-bond acceptors (Lipinski definition) is 6. The third-order valence-corrected chi connectivity index (χ3v) is 4.38. The molecule has 11 nitrogen and oxygen atoms in total. The van der Waals surface area contributed by atoms with Gasteiger partial charge < -0.3 is 32.5 Å². The molecule has 0 spiro atoms. The second-order valence-electron chi connectivity index (χ2n) is 7.17. The Balaban J connectivity index is 2.87. The Bertz CT molecular complexity index is 799. The van der Waals surface area contributed by atoms with Crippen molar-refractivity contribution in [2.45, 2.75) is 57.3 Å². The zero-order chi connectivity index (χ0) is 23.6. The third-order valence-electron chi connectivity index (χ3n) is 4.38. The molecule has 31 heavy (non-hydrogen) atoms. The van der Waals surface area contributed by atoms with Gasteiger partial charge in [-0.15, -0.1) is 0 Å². The lowest BCUT2D eigenvalue weighted by Gasteiger charge is -2.23. The highest BCUT2D eigenvalue weighted by molar-refractivity contribution is 5.94. The predicted octanol–water partition coefficient (Wildman–Crippen LogP) is -1.60. The van der Waals surface area contributed by atoms with Crippen molar-refractivity contribution in [1.29, 1.82) is 0 Å². The number of rotatable bonds is 12. The van der Waals surface area contributed by atoms with Gasteiger partial charge in [0.25, 0.3) is 0 Å². The summed E-state index contributed by atoms with van der Waals surface area (Å²) in [6.07, 6.45) is -0.326. The SMILES string of the molecule is CC(N)C(=O)NC(C)C(=O)NC(CCC(N)=O)C(=O)NC(Cc1ccccc1)C(=O)O. The highest BCUT2D eigenvalue weighted by Crippen LogP contribution is 2.06. The molecule has 1 aromatic rings. The number of amides is 4. The zero-order valence-corrected chi connectivity index (χ0v) is 17.5. The standard InChI is InChI=1S/C20H29N5O6/c1-11(21)17(27)23-12(2)18(28)24-14(8-9-16(22)26)19(29)25-15(20(30)31)10-13-6-4-3-5-7-13/h3-7,11-12,14-15H,8-10,21H2,1-2H3,(H2,22,26)(H,23,27)(H,24,28)(H,25,29)(H,30,31). The predicted molar refractivity (Wildman–Crippen MR) is 111 cm³/mol. The monoisotopic (exact) mass is 435 g/mol. The van der Waals surface area contributed by atoms with Crippen LogP contribution in [0.2, 0.25) is 0 Å². The van der Waals surface area contributed by atoms with Gasteiger partial charge >= 0.3 is 5.97 Å². The second kappa shape index (κ2) is 12.3. The maximum absolute atomic E-state index is 12.7. The van der Waals surface area contributed by atoms with Crippen molar-refractivity contribution < 1.29 is 29.1 Å². The van der Waals surface area contributed by atoms with Crippen molar-refractivity contribution in [2.24, 2.45) is 11.5 Å². The normalized spacial score (nSPS) is 14.4. The van der Waals surface area contributed by atoms with E-state index < -0.39 is 53.8 Å². The molecule has 0 heterocycles. The molecule has 11 heteroatoms. The fourth-order valence-corrected chi connectivity index (χ4v) is 2.58. The average Bonchev–Trinajstić information content (AvgIpc) is 2.70. The van der Waals surface area contributed by atoms with Gasteiger partial charge in [-0.05, 0) is 25.8 Å².